The summed E-state index contributed by atoms with van der Waals surface area (Å²) in [6.45, 7) is -2.04. The van der Waals surface area contributed by atoms with Crippen molar-refractivity contribution in [3.63, 3.8) is 0 Å². The molecule has 0 aromatic carbocycles. The molecule has 0 radical (unpaired) electrons. The number of hydrogen-bond acceptors (Lipinski definition) is 4. The molecule has 0 spiro atoms. The van der Waals surface area contributed by atoms with Gasteiger partial charge in [-0.25, -0.2) is 4.89 Å². The maximum atomic E-state index is 4.50. The molecule has 0 N–H and O–H groups in total. The molecule has 0 rings (SSSR count). The lowest BCUT2D eigenvalue weighted by Crippen LogP contribution is -1.90. The smallest absolute Gasteiger partial charge is 0.101 e. The van der Waals surface area contributed by atoms with Crippen molar-refractivity contribution in [1.29, 1.82) is 0 Å². The quantitative estimate of drug-likeness (QED) is 0.284. The first kappa shape index (κ1) is 8.06. The summed E-state index contributed by atoms with van der Waals surface area (Å²) in [4.78, 5) is 4.16. The highest BCUT2D eigenvalue weighted by molar-refractivity contribution is 8.91. The van der Waals surface area contributed by atoms with Gasteiger partial charge in [-0.15, -0.1) is 4.33 Å². The Balaban J connectivity index is 3.60. The highest BCUT2D eigenvalue weighted by Crippen LogP contribution is 1.97. The van der Waals surface area contributed by atoms with Crippen molar-refractivity contribution < 1.29 is 9.22 Å². The van der Waals surface area contributed by atoms with Gasteiger partial charge in [-0.1, -0.05) is 11.7 Å². The standard InChI is InChI=1S/CH4O2S4/c1-2-3-7(4,5)6/h1H3,(H,4,5,6). The number of hydrogen-bond donors (Lipinski definition) is 1. The molecule has 2 nitrogen and oxygen atoms in total. The second kappa shape index (κ2) is 3.16. The largest absolute Gasteiger partial charge is 0.226 e. The number of thiol groups is 1. The Kier molecular flexibility index (Phi) is 3.64. The van der Waals surface area contributed by atoms with E-state index in [0.29, 0.717) is 0 Å². The van der Waals surface area contributed by atoms with Crippen molar-refractivity contribution in [2.24, 2.45) is 0 Å². The Morgan fingerprint density at radius 1 is 1.57 bits per heavy atom. The van der Waals surface area contributed by atoms with Crippen molar-refractivity contribution in [2.45, 2.75) is 0 Å². The van der Waals surface area contributed by atoms with E-state index in [1.54, 1.807) is 0 Å². The van der Waals surface area contributed by atoms with Crippen LogP contribution in [0.25, 0.3) is 0 Å². The molecule has 0 saturated carbocycles. The fourth-order valence-electron chi connectivity index (χ4n) is 0.0860. The van der Waals surface area contributed by atoms with Gasteiger partial charge in [-0.2, -0.15) is 0 Å². The summed E-state index contributed by atoms with van der Waals surface area (Å²) in [5.41, 5.74) is 0. The Hall–Kier alpha value is 1.06. The van der Waals surface area contributed by atoms with Gasteiger partial charge in [0.2, 0.25) is 0 Å². The first-order valence-corrected chi connectivity index (χ1v) is 5.72. The zero-order valence-corrected chi connectivity index (χ0v) is 6.83. The van der Waals surface area contributed by atoms with Gasteiger partial charge in [-0.3, -0.25) is 0 Å². The summed E-state index contributed by atoms with van der Waals surface area (Å²) < 4.78 is 4.31. The lowest BCUT2D eigenvalue weighted by Gasteiger charge is -1.95. The molecule has 7 heavy (non-hydrogen) atoms. The average Bonchev–Trinajstić information content (AvgIpc) is 1.30. The highest BCUT2D eigenvalue weighted by Gasteiger charge is 1.88. The molecule has 6 heteroatoms. The van der Waals surface area contributed by atoms with Gasteiger partial charge in [0, 0.05) is 0 Å². The van der Waals surface area contributed by atoms with Crippen LogP contribution in [0.3, 0.4) is 0 Å². The van der Waals surface area contributed by atoms with E-state index in [1.807, 2.05) is 0 Å². The van der Waals surface area contributed by atoms with E-state index >= 15 is 0 Å². The van der Waals surface area contributed by atoms with E-state index in [0.717, 1.165) is 0 Å². The van der Waals surface area contributed by atoms with Crippen molar-refractivity contribution in [2.75, 3.05) is 7.11 Å². The van der Waals surface area contributed by atoms with Crippen molar-refractivity contribution in [3.05, 3.63) is 0 Å². The second-order valence-corrected chi connectivity index (χ2v) is 8.13. The first-order valence-electron chi connectivity index (χ1n) is 1.26. The van der Waals surface area contributed by atoms with Gasteiger partial charge in [0.05, 0.1) is 7.11 Å². The van der Waals surface area contributed by atoms with Gasteiger partial charge in [0.15, 0.2) is 0 Å². The van der Waals surface area contributed by atoms with Crippen LogP contribution < -0.4 is 0 Å². The van der Waals surface area contributed by atoms with E-state index in [9.17, 15) is 0 Å². The molecule has 0 unspecified atom stereocenters. The Labute approximate surface area is 56.9 Å². The van der Waals surface area contributed by atoms with Crippen LogP contribution in [0.1, 0.15) is 0 Å². The van der Waals surface area contributed by atoms with Gasteiger partial charge < -0.3 is 0 Å². The molecule has 0 fully saturated rings. The minimum absolute atomic E-state index is 1.34. The van der Waals surface area contributed by atoms with Crippen LogP contribution >= 0.6 is 11.7 Å². The Morgan fingerprint density at radius 2 is 2.00 bits per heavy atom. The van der Waals surface area contributed by atoms with Crippen molar-refractivity contribution in [3.8, 4) is 0 Å². The summed E-state index contributed by atoms with van der Waals surface area (Å²) in [5, 5.41) is 0. The van der Waals surface area contributed by atoms with E-state index in [2.05, 4.69) is 43.3 Å². The third-order valence-electron chi connectivity index (χ3n) is 0.154. The molecule has 0 aromatic rings. The van der Waals surface area contributed by atoms with Gasteiger partial charge in [-0.05, 0) is 22.4 Å². The molecule has 0 atom stereocenters. The highest BCUT2D eigenvalue weighted by atomic mass is 33.5. The molecule has 44 valence electrons. The normalized spacial score (nSPS) is 11.7. The fourth-order valence-corrected chi connectivity index (χ4v) is 0.774. The van der Waals surface area contributed by atoms with E-state index < -0.39 is 6.46 Å². The van der Waals surface area contributed by atoms with Crippen LogP contribution in [0.5, 0.6) is 0 Å². The molecule has 0 heterocycles. The predicted molar refractivity (Wildman–Crippen MR) is 39.2 cm³/mol. The third-order valence-corrected chi connectivity index (χ3v) is 0.978. The Morgan fingerprint density at radius 3 is 2.00 bits per heavy atom. The fraction of sp³-hybridized carbons (Fsp3) is 1.00. The third kappa shape index (κ3) is 7.06. The second-order valence-electron chi connectivity index (χ2n) is 0.662. The Bertz CT molecular complexity index is 123. The van der Waals surface area contributed by atoms with Crippen LogP contribution in [0.15, 0.2) is 0 Å². The average molecular weight is 176 g/mol. The maximum Gasteiger partial charge on any atom is 0.101 e. The number of rotatable bonds is 2. The molecule has 0 saturated heterocycles. The van der Waals surface area contributed by atoms with Crippen LogP contribution in [0, 0.1) is 0 Å². The maximum absolute atomic E-state index is 4.50. The molecule has 0 amide bonds. The lowest BCUT2D eigenvalue weighted by atomic mass is 11.8. The minimum atomic E-state index is -2.04. The lowest BCUT2D eigenvalue weighted by molar-refractivity contribution is -0.160. The summed E-state index contributed by atoms with van der Waals surface area (Å²) >= 11 is 12.7. The van der Waals surface area contributed by atoms with Crippen molar-refractivity contribution in [1.82, 2.24) is 0 Å². The molecule has 0 aliphatic rings. The van der Waals surface area contributed by atoms with Crippen molar-refractivity contribution >= 4 is 40.5 Å². The molecule has 0 aromatic heterocycles. The van der Waals surface area contributed by atoms with Gasteiger partial charge >= 0.3 is 0 Å². The molecule has 0 aliphatic heterocycles. The zero-order valence-electron chi connectivity index (χ0n) is 3.49. The van der Waals surface area contributed by atoms with Gasteiger partial charge in [0.25, 0.3) is 0 Å². The van der Waals surface area contributed by atoms with E-state index in [1.165, 1.54) is 7.11 Å². The predicted octanol–water partition coefficient (Wildman–Crippen LogP) is 0.402. The monoisotopic (exact) mass is 176 g/mol. The zero-order chi connectivity index (χ0) is 5.91. The molecular formula is CH4O2S4. The topological polar surface area (TPSA) is 18.5 Å². The first-order chi connectivity index (χ1) is 3.06. The molecule has 0 bridgehead atoms. The summed E-state index contributed by atoms with van der Waals surface area (Å²) in [6, 6.07) is 0. The van der Waals surface area contributed by atoms with Crippen LogP contribution in [-0.4, -0.2) is 7.11 Å². The molecular weight excluding hydrogens is 172 g/mol. The van der Waals surface area contributed by atoms with E-state index in [-0.39, 0.29) is 0 Å². The van der Waals surface area contributed by atoms with E-state index in [4.69, 9.17) is 0 Å². The van der Waals surface area contributed by atoms with Crippen LogP contribution in [0.2, 0.25) is 0 Å². The molecule has 0 aliphatic carbocycles. The summed E-state index contributed by atoms with van der Waals surface area (Å²) in [6.07, 6.45) is 0. The minimum Gasteiger partial charge on any atom is -0.226 e. The van der Waals surface area contributed by atoms with Crippen LogP contribution in [0.4, 0.5) is 0 Å². The summed E-state index contributed by atoms with van der Waals surface area (Å²) in [7, 11) is 1.34. The summed E-state index contributed by atoms with van der Waals surface area (Å²) in [5.74, 6) is 0. The van der Waals surface area contributed by atoms with Crippen LogP contribution in [-0.2, 0) is 38.1 Å². The SMILES string of the molecule is COOS(=S)(=S)S. The van der Waals surface area contributed by atoms with Gasteiger partial charge in [0.1, 0.15) is 6.46 Å².